The number of Topliss-reactive ketones (excluding diaryl/α,β-unsaturated/α-hetero) is 1. The van der Waals surface area contributed by atoms with Gasteiger partial charge in [-0.15, -0.1) is 0 Å². The minimum Gasteiger partial charge on any atom is -0.299 e. The molecule has 0 spiro atoms. The zero-order chi connectivity index (χ0) is 13.1. The van der Waals surface area contributed by atoms with Crippen LogP contribution in [0.2, 0.25) is 0 Å². The van der Waals surface area contributed by atoms with Gasteiger partial charge in [-0.1, -0.05) is 6.42 Å². The molecule has 98 valence electrons. The van der Waals surface area contributed by atoms with E-state index < -0.39 is 11.6 Å². The normalized spacial score (nSPS) is 15.8. The molecule has 1 aliphatic rings. The minimum atomic E-state index is -0.970. The van der Waals surface area contributed by atoms with E-state index in [4.69, 9.17) is 0 Å². The predicted molar refractivity (Wildman–Crippen MR) is 65.5 cm³/mol. The highest BCUT2D eigenvalue weighted by atomic mass is 19.2. The summed E-state index contributed by atoms with van der Waals surface area (Å²) in [6.07, 6.45) is 3.73. The molecule has 0 radical (unpaired) electrons. The molecule has 0 N–H and O–H groups in total. The molecule has 4 heteroatoms. The Hall–Kier alpha value is -1.29. The third-order valence-corrected chi connectivity index (χ3v) is 3.45. The molecule has 1 fully saturated rings. The van der Waals surface area contributed by atoms with Crippen LogP contribution in [0, 0.1) is 17.6 Å². The Kier molecular flexibility index (Phi) is 4.07. The fourth-order valence-electron chi connectivity index (χ4n) is 2.19. The van der Waals surface area contributed by atoms with Crippen LogP contribution < -0.4 is 0 Å². The molecule has 0 aliphatic heterocycles. The summed E-state index contributed by atoms with van der Waals surface area (Å²) >= 11 is 0. The first-order chi connectivity index (χ1) is 8.56. The summed E-state index contributed by atoms with van der Waals surface area (Å²) in [5.74, 6) is -1.37. The minimum absolute atomic E-state index is 0.171. The van der Waals surface area contributed by atoms with Crippen molar-refractivity contribution in [2.75, 3.05) is 20.1 Å². The van der Waals surface area contributed by atoms with Gasteiger partial charge in [-0.25, -0.2) is 8.78 Å². The molecular formula is C14H17F2NO. The Morgan fingerprint density at radius 3 is 2.61 bits per heavy atom. The fourth-order valence-corrected chi connectivity index (χ4v) is 2.19. The third-order valence-electron chi connectivity index (χ3n) is 3.45. The molecule has 1 saturated carbocycles. The van der Waals surface area contributed by atoms with Gasteiger partial charge in [0.25, 0.3) is 0 Å². The zero-order valence-electron chi connectivity index (χ0n) is 10.5. The second-order valence-electron chi connectivity index (χ2n) is 5.05. The smallest absolute Gasteiger partial charge is 0.176 e. The van der Waals surface area contributed by atoms with Crippen LogP contribution in [0.4, 0.5) is 8.78 Å². The highest BCUT2D eigenvalue weighted by Crippen LogP contribution is 2.26. The van der Waals surface area contributed by atoms with Crippen LogP contribution in [-0.4, -0.2) is 30.8 Å². The zero-order valence-corrected chi connectivity index (χ0v) is 10.5. The van der Waals surface area contributed by atoms with Crippen molar-refractivity contribution in [1.29, 1.82) is 0 Å². The van der Waals surface area contributed by atoms with Crippen LogP contribution in [-0.2, 0) is 0 Å². The van der Waals surface area contributed by atoms with Crippen molar-refractivity contribution >= 4 is 5.78 Å². The van der Waals surface area contributed by atoms with Crippen LogP contribution in [0.25, 0.3) is 0 Å². The second kappa shape index (κ2) is 5.57. The Morgan fingerprint density at radius 2 is 2.06 bits per heavy atom. The van der Waals surface area contributed by atoms with Gasteiger partial charge in [0.1, 0.15) is 0 Å². The van der Waals surface area contributed by atoms with E-state index in [0.29, 0.717) is 5.92 Å². The quantitative estimate of drug-likeness (QED) is 0.752. The number of hydrogen-bond donors (Lipinski definition) is 0. The largest absolute Gasteiger partial charge is 0.299 e. The van der Waals surface area contributed by atoms with Crippen molar-refractivity contribution < 1.29 is 13.6 Å². The topological polar surface area (TPSA) is 20.3 Å². The van der Waals surface area contributed by atoms with Crippen molar-refractivity contribution in [3.8, 4) is 0 Å². The first-order valence-corrected chi connectivity index (χ1v) is 6.23. The number of halogens is 2. The summed E-state index contributed by atoms with van der Waals surface area (Å²) in [5.41, 5.74) is 0.231. The lowest BCUT2D eigenvalue weighted by molar-refractivity contribution is 0.0924. The Morgan fingerprint density at radius 1 is 1.33 bits per heavy atom. The Bertz CT molecular complexity index is 443. The predicted octanol–water partition coefficient (Wildman–Crippen LogP) is 2.88. The van der Waals surface area contributed by atoms with Crippen LogP contribution >= 0.6 is 0 Å². The molecule has 1 aromatic rings. The van der Waals surface area contributed by atoms with Crippen LogP contribution in [0.5, 0.6) is 0 Å². The van der Waals surface area contributed by atoms with E-state index >= 15 is 0 Å². The van der Waals surface area contributed by atoms with E-state index in [9.17, 15) is 13.6 Å². The Balaban J connectivity index is 1.91. The van der Waals surface area contributed by atoms with Gasteiger partial charge in [-0.05, 0) is 44.0 Å². The van der Waals surface area contributed by atoms with Gasteiger partial charge in [0, 0.05) is 12.1 Å². The number of benzene rings is 1. The van der Waals surface area contributed by atoms with Crippen molar-refractivity contribution in [3.05, 3.63) is 35.4 Å². The van der Waals surface area contributed by atoms with Crippen LogP contribution in [0.1, 0.15) is 29.6 Å². The maximum Gasteiger partial charge on any atom is 0.176 e. The molecule has 0 unspecified atom stereocenters. The molecule has 0 aromatic heterocycles. The molecular weight excluding hydrogens is 236 g/mol. The van der Waals surface area contributed by atoms with Crippen LogP contribution in [0.15, 0.2) is 18.2 Å². The van der Waals surface area contributed by atoms with E-state index in [1.807, 2.05) is 11.9 Å². The Labute approximate surface area is 106 Å². The number of carbonyl (C=O) groups is 1. The van der Waals surface area contributed by atoms with Gasteiger partial charge in [0.15, 0.2) is 17.4 Å². The molecule has 0 atom stereocenters. The average molecular weight is 253 g/mol. The molecule has 1 aliphatic carbocycles. The van der Waals surface area contributed by atoms with Crippen molar-refractivity contribution in [2.45, 2.75) is 19.3 Å². The number of carbonyl (C=O) groups excluding carboxylic acids is 1. The molecule has 0 amide bonds. The fraction of sp³-hybridized carbons (Fsp3) is 0.500. The van der Waals surface area contributed by atoms with Gasteiger partial charge < -0.3 is 0 Å². The number of hydrogen-bond acceptors (Lipinski definition) is 2. The van der Waals surface area contributed by atoms with Gasteiger partial charge in [0.2, 0.25) is 0 Å². The molecule has 1 aromatic carbocycles. The van der Waals surface area contributed by atoms with E-state index in [1.165, 1.54) is 25.3 Å². The third kappa shape index (κ3) is 3.13. The summed E-state index contributed by atoms with van der Waals surface area (Å²) in [6, 6.07) is 3.29. The summed E-state index contributed by atoms with van der Waals surface area (Å²) in [7, 11) is 1.89. The average Bonchev–Trinajstić information content (AvgIpc) is 2.27. The molecule has 0 saturated heterocycles. The molecule has 0 heterocycles. The van der Waals surface area contributed by atoms with Crippen molar-refractivity contribution in [2.24, 2.45) is 5.92 Å². The summed E-state index contributed by atoms with van der Waals surface area (Å²) in [6.45, 7) is 1.15. The van der Waals surface area contributed by atoms with E-state index in [2.05, 4.69) is 0 Å². The van der Waals surface area contributed by atoms with Crippen molar-refractivity contribution in [3.63, 3.8) is 0 Å². The van der Waals surface area contributed by atoms with E-state index in [1.54, 1.807) is 0 Å². The van der Waals surface area contributed by atoms with Gasteiger partial charge >= 0.3 is 0 Å². The molecule has 2 rings (SSSR count). The number of ketones is 1. The van der Waals surface area contributed by atoms with Gasteiger partial charge in [-0.3, -0.25) is 9.69 Å². The van der Waals surface area contributed by atoms with Crippen LogP contribution in [0.3, 0.4) is 0 Å². The number of rotatable bonds is 5. The molecule has 0 bridgehead atoms. The monoisotopic (exact) mass is 253 g/mol. The second-order valence-corrected chi connectivity index (χ2v) is 5.05. The van der Waals surface area contributed by atoms with E-state index in [-0.39, 0.29) is 17.9 Å². The summed E-state index contributed by atoms with van der Waals surface area (Å²) in [4.78, 5) is 13.8. The van der Waals surface area contributed by atoms with Gasteiger partial charge in [0.05, 0.1) is 6.54 Å². The standard InChI is InChI=1S/C14H17F2NO/c1-17(8-10-3-2-4-10)9-14(18)11-5-6-12(15)13(16)7-11/h5-7,10H,2-4,8-9H2,1H3. The van der Waals surface area contributed by atoms with E-state index in [0.717, 1.165) is 18.7 Å². The molecule has 18 heavy (non-hydrogen) atoms. The first kappa shape index (κ1) is 13.1. The maximum absolute atomic E-state index is 13.0. The molecule has 2 nitrogen and oxygen atoms in total. The lowest BCUT2D eigenvalue weighted by Crippen LogP contribution is -2.33. The highest BCUT2D eigenvalue weighted by molar-refractivity contribution is 5.97. The van der Waals surface area contributed by atoms with Crippen molar-refractivity contribution in [1.82, 2.24) is 4.90 Å². The van der Waals surface area contributed by atoms with Gasteiger partial charge in [-0.2, -0.15) is 0 Å². The number of likely N-dealkylation sites (N-methyl/N-ethyl adjacent to an activating group) is 1. The lowest BCUT2D eigenvalue weighted by Gasteiger charge is -2.29. The summed E-state index contributed by atoms with van der Waals surface area (Å²) in [5, 5.41) is 0. The first-order valence-electron chi connectivity index (χ1n) is 6.23. The summed E-state index contributed by atoms with van der Waals surface area (Å²) < 4.78 is 25.8. The number of nitrogens with zero attached hydrogens (tertiary/aromatic N) is 1. The highest BCUT2D eigenvalue weighted by Gasteiger charge is 2.20. The maximum atomic E-state index is 13.0. The SMILES string of the molecule is CN(CC(=O)c1ccc(F)c(F)c1)CC1CCC1. The lowest BCUT2D eigenvalue weighted by atomic mass is 9.85.